The number of benzene rings is 2. The van der Waals surface area contributed by atoms with Crippen LogP contribution in [0, 0.1) is 12.7 Å². The van der Waals surface area contributed by atoms with E-state index in [1.807, 2.05) is 31.2 Å². The fourth-order valence-electron chi connectivity index (χ4n) is 1.81. The standard InChI is InChI=1S/C16H15ClFNOS/c1-11-5-6-14(18)15(7-11)19-16(20)10-21-9-12-3-2-4-13(17)8-12/h2-8H,9-10H2,1H3,(H,19,20). The summed E-state index contributed by atoms with van der Waals surface area (Å²) in [7, 11) is 0. The molecule has 0 spiro atoms. The Morgan fingerprint density at radius 3 is 2.86 bits per heavy atom. The molecule has 0 aliphatic heterocycles. The van der Waals surface area contributed by atoms with E-state index >= 15 is 0 Å². The normalized spacial score (nSPS) is 10.4. The molecule has 110 valence electrons. The van der Waals surface area contributed by atoms with Crippen LogP contribution in [0.5, 0.6) is 0 Å². The summed E-state index contributed by atoms with van der Waals surface area (Å²) in [6, 6.07) is 12.1. The highest BCUT2D eigenvalue weighted by Gasteiger charge is 2.07. The van der Waals surface area contributed by atoms with Gasteiger partial charge < -0.3 is 5.32 Å². The lowest BCUT2D eigenvalue weighted by atomic mass is 10.2. The van der Waals surface area contributed by atoms with Gasteiger partial charge in [0.15, 0.2) is 0 Å². The number of carbonyl (C=O) groups is 1. The average molecular weight is 324 g/mol. The highest BCUT2D eigenvalue weighted by Crippen LogP contribution is 2.18. The second-order valence-electron chi connectivity index (χ2n) is 4.65. The first kappa shape index (κ1) is 15.9. The molecule has 0 fully saturated rings. The molecule has 2 rings (SSSR count). The maximum absolute atomic E-state index is 13.5. The van der Waals surface area contributed by atoms with E-state index < -0.39 is 5.82 Å². The number of aryl methyl sites for hydroxylation is 1. The van der Waals surface area contributed by atoms with Crippen molar-refractivity contribution in [3.63, 3.8) is 0 Å². The van der Waals surface area contributed by atoms with Crippen molar-refractivity contribution in [3.05, 3.63) is 64.4 Å². The monoisotopic (exact) mass is 323 g/mol. The quantitative estimate of drug-likeness (QED) is 0.867. The van der Waals surface area contributed by atoms with Crippen LogP contribution in [0.15, 0.2) is 42.5 Å². The van der Waals surface area contributed by atoms with E-state index in [2.05, 4.69) is 5.32 Å². The van der Waals surface area contributed by atoms with Crippen LogP contribution in [0.25, 0.3) is 0 Å². The summed E-state index contributed by atoms with van der Waals surface area (Å²) < 4.78 is 13.5. The molecule has 0 radical (unpaired) electrons. The van der Waals surface area contributed by atoms with Crippen molar-refractivity contribution in [2.45, 2.75) is 12.7 Å². The number of nitrogens with one attached hydrogen (secondary N) is 1. The fourth-order valence-corrected chi connectivity index (χ4v) is 2.80. The fraction of sp³-hybridized carbons (Fsp3) is 0.188. The molecule has 5 heteroatoms. The maximum Gasteiger partial charge on any atom is 0.234 e. The number of hydrogen-bond donors (Lipinski definition) is 1. The Labute approximate surface area is 132 Å². The van der Waals surface area contributed by atoms with E-state index in [1.165, 1.54) is 17.8 Å². The Morgan fingerprint density at radius 2 is 2.10 bits per heavy atom. The molecule has 0 bridgehead atoms. The molecule has 1 amide bonds. The van der Waals surface area contributed by atoms with E-state index in [-0.39, 0.29) is 17.3 Å². The van der Waals surface area contributed by atoms with E-state index in [9.17, 15) is 9.18 Å². The first-order chi connectivity index (χ1) is 10.0. The molecule has 2 aromatic carbocycles. The van der Waals surface area contributed by atoms with Gasteiger partial charge in [0.05, 0.1) is 11.4 Å². The first-order valence-corrected chi connectivity index (χ1v) is 7.96. The highest BCUT2D eigenvalue weighted by atomic mass is 35.5. The molecule has 0 saturated heterocycles. The zero-order valence-corrected chi connectivity index (χ0v) is 13.1. The summed E-state index contributed by atoms with van der Waals surface area (Å²) in [4.78, 5) is 11.8. The molecule has 2 aromatic rings. The molecule has 0 heterocycles. The lowest BCUT2D eigenvalue weighted by molar-refractivity contribution is -0.113. The summed E-state index contributed by atoms with van der Waals surface area (Å²) in [6.45, 7) is 1.85. The second kappa shape index (κ2) is 7.48. The molecule has 0 aliphatic rings. The minimum atomic E-state index is -0.422. The molecule has 0 aromatic heterocycles. The number of anilines is 1. The predicted molar refractivity (Wildman–Crippen MR) is 87.4 cm³/mol. The topological polar surface area (TPSA) is 29.1 Å². The van der Waals surface area contributed by atoms with Crippen LogP contribution in [0.2, 0.25) is 5.02 Å². The van der Waals surface area contributed by atoms with E-state index in [1.54, 1.807) is 12.1 Å². The average Bonchev–Trinajstić information content (AvgIpc) is 2.43. The number of thioether (sulfide) groups is 1. The van der Waals surface area contributed by atoms with Crippen molar-refractivity contribution >= 4 is 35.0 Å². The molecular weight excluding hydrogens is 309 g/mol. The van der Waals surface area contributed by atoms with Crippen LogP contribution >= 0.6 is 23.4 Å². The van der Waals surface area contributed by atoms with Gasteiger partial charge in [0, 0.05) is 10.8 Å². The molecule has 0 atom stereocenters. The summed E-state index contributed by atoms with van der Waals surface area (Å²) in [5.41, 5.74) is 2.18. The lowest BCUT2D eigenvalue weighted by Gasteiger charge is -2.07. The Bertz CT molecular complexity index is 648. The van der Waals surface area contributed by atoms with Crippen molar-refractivity contribution < 1.29 is 9.18 Å². The van der Waals surface area contributed by atoms with Gasteiger partial charge in [-0.3, -0.25) is 4.79 Å². The van der Waals surface area contributed by atoms with Crippen LogP contribution in [0.3, 0.4) is 0 Å². The summed E-state index contributed by atoms with van der Waals surface area (Å²) >= 11 is 7.35. The summed E-state index contributed by atoms with van der Waals surface area (Å²) in [5.74, 6) is 0.310. The highest BCUT2D eigenvalue weighted by molar-refractivity contribution is 7.99. The molecule has 0 unspecified atom stereocenters. The van der Waals surface area contributed by atoms with Gasteiger partial charge in [-0.15, -0.1) is 11.8 Å². The van der Waals surface area contributed by atoms with Gasteiger partial charge in [-0.2, -0.15) is 0 Å². The predicted octanol–water partition coefficient (Wildman–Crippen LogP) is 4.66. The van der Waals surface area contributed by atoms with Crippen LogP contribution in [-0.2, 0) is 10.5 Å². The molecular formula is C16H15ClFNOS. The van der Waals surface area contributed by atoms with Gasteiger partial charge in [-0.05, 0) is 42.3 Å². The van der Waals surface area contributed by atoms with Crippen LogP contribution in [0.1, 0.15) is 11.1 Å². The van der Waals surface area contributed by atoms with Crippen LogP contribution < -0.4 is 5.32 Å². The molecule has 0 saturated carbocycles. The van der Waals surface area contributed by atoms with Gasteiger partial charge in [0.25, 0.3) is 0 Å². The van der Waals surface area contributed by atoms with Crippen molar-refractivity contribution in [2.75, 3.05) is 11.1 Å². The molecule has 21 heavy (non-hydrogen) atoms. The van der Waals surface area contributed by atoms with Crippen LogP contribution in [-0.4, -0.2) is 11.7 Å². The zero-order chi connectivity index (χ0) is 15.2. The number of halogens is 2. The van der Waals surface area contributed by atoms with Crippen molar-refractivity contribution in [1.82, 2.24) is 0 Å². The number of rotatable bonds is 5. The number of carbonyl (C=O) groups excluding carboxylic acids is 1. The minimum absolute atomic E-state index is 0.216. The van der Waals surface area contributed by atoms with Crippen molar-refractivity contribution in [2.24, 2.45) is 0 Å². The Hall–Kier alpha value is -1.52. The Kier molecular flexibility index (Phi) is 5.65. The Balaban J connectivity index is 1.84. The SMILES string of the molecule is Cc1ccc(F)c(NC(=O)CSCc2cccc(Cl)c2)c1. The van der Waals surface area contributed by atoms with Gasteiger partial charge in [-0.1, -0.05) is 29.8 Å². The third-order valence-electron chi connectivity index (χ3n) is 2.79. The third-order valence-corrected chi connectivity index (χ3v) is 4.03. The first-order valence-electron chi connectivity index (χ1n) is 6.43. The van der Waals surface area contributed by atoms with Crippen LogP contribution in [0.4, 0.5) is 10.1 Å². The van der Waals surface area contributed by atoms with Gasteiger partial charge in [0.2, 0.25) is 5.91 Å². The number of amides is 1. The second-order valence-corrected chi connectivity index (χ2v) is 6.08. The van der Waals surface area contributed by atoms with Crippen molar-refractivity contribution in [1.29, 1.82) is 0 Å². The van der Waals surface area contributed by atoms with Gasteiger partial charge in [0.1, 0.15) is 5.82 Å². The van der Waals surface area contributed by atoms with Gasteiger partial charge >= 0.3 is 0 Å². The number of hydrogen-bond acceptors (Lipinski definition) is 2. The van der Waals surface area contributed by atoms with E-state index in [0.717, 1.165) is 11.1 Å². The smallest absolute Gasteiger partial charge is 0.234 e. The maximum atomic E-state index is 13.5. The zero-order valence-electron chi connectivity index (χ0n) is 11.5. The van der Waals surface area contributed by atoms with Crippen molar-refractivity contribution in [3.8, 4) is 0 Å². The molecule has 2 nitrogen and oxygen atoms in total. The third kappa shape index (κ3) is 5.06. The molecule has 0 aliphatic carbocycles. The van der Waals surface area contributed by atoms with E-state index in [4.69, 9.17) is 11.6 Å². The van der Waals surface area contributed by atoms with Gasteiger partial charge in [-0.25, -0.2) is 4.39 Å². The summed E-state index contributed by atoms with van der Waals surface area (Å²) in [6.07, 6.45) is 0. The minimum Gasteiger partial charge on any atom is -0.323 e. The molecule has 1 N–H and O–H groups in total. The Morgan fingerprint density at radius 1 is 1.29 bits per heavy atom. The van der Waals surface area contributed by atoms with E-state index in [0.29, 0.717) is 10.8 Å². The summed E-state index contributed by atoms with van der Waals surface area (Å²) in [5, 5.41) is 3.27. The lowest BCUT2D eigenvalue weighted by Crippen LogP contribution is -2.15. The largest absolute Gasteiger partial charge is 0.323 e.